The second kappa shape index (κ2) is 15.2. The predicted octanol–water partition coefficient (Wildman–Crippen LogP) is 8.55. The van der Waals surface area contributed by atoms with Crippen LogP contribution in [0.2, 0.25) is 0 Å². The van der Waals surface area contributed by atoms with Crippen LogP contribution in [0, 0.1) is 6.92 Å². The number of halogens is 3. The second-order valence-electron chi connectivity index (χ2n) is 8.95. The summed E-state index contributed by atoms with van der Waals surface area (Å²) in [6.07, 6.45) is 3.68. The summed E-state index contributed by atoms with van der Waals surface area (Å²) in [5.74, 6) is 1.59. The average Bonchev–Trinajstić information content (AvgIpc) is 2.84. The molecule has 0 aliphatic carbocycles. The zero-order valence-corrected chi connectivity index (χ0v) is 23.1. The molecular weight excluding hydrogens is 479 g/mol. The van der Waals surface area contributed by atoms with Crippen LogP contribution in [0.25, 0.3) is 11.3 Å². The van der Waals surface area contributed by atoms with E-state index in [1.165, 1.54) is 30.7 Å². The molecule has 0 saturated carbocycles. The van der Waals surface area contributed by atoms with Gasteiger partial charge in [0.25, 0.3) is 0 Å². The van der Waals surface area contributed by atoms with Gasteiger partial charge < -0.3 is 9.64 Å². The maximum atomic E-state index is 12.5. The first-order valence-electron chi connectivity index (χ1n) is 12.6. The minimum Gasteiger partial charge on any atom is -0.406 e. The smallest absolute Gasteiger partial charge is 0.406 e. The number of unbranched alkanes of at least 4 members (excludes halogenated alkanes) is 1. The lowest BCUT2D eigenvalue weighted by Crippen LogP contribution is -2.17. The first-order valence-corrected chi connectivity index (χ1v) is 12.6. The lowest BCUT2D eigenvalue weighted by molar-refractivity contribution is -0.274. The van der Waals surface area contributed by atoms with Crippen LogP contribution in [-0.2, 0) is 4.79 Å². The molecule has 0 spiro atoms. The van der Waals surface area contributed by atoms with Gasteiger partial charge in [-0.15, -0.1) is 13.2 Å². The fourth-order valence-corrected chi connectivity index (χ4v) is 3.59. The third-order valence-electron chi connectivity index (χ3n) is 5.86. The Kier molecular flexibility index (Phi) is 13.1. The van der Waals surface area contributed by atoms with E-state index in [1.54, 1.807) is 12.1 Å². The van der Waals surface area contributed by atoms with Crippen molar-refractivity contribution < 1.29 is 22.7 Å². The lowest BCUT2D eigenvalue weighted by Gasteiger charge is -2.23. The van der Waals surface area contributed by atoms with Gasteiger partial charge in [-0.1, -0.05) is 45.8 Å². The molecule has 204 valence electrons. The van der Waals surface area contributed by atoms with Crippen molar-refractivity contribution >= 4 is 11.6 Å². The summed E-state index contributed by atoms with van der Waals surface area (Å²) in [6.45, 7) is 15.1. The molecule has 1 aromatic carbocycles. The largest absolute Gasteiger partial charge is 0.573 e. The molecule has 0 saturated heterocycles. The Balaban J connectivity index is 0.00000124. The van der Waals surface area contributed by atoms with Crippen molar-refractivity contribution in [2.45, 2.75) is 85.9 Å². The molecule has 0 radical (unpaired) electrons. The van der Waals surface area contributed by atoms with Crippen molar-refractivity contribution in [1.29, 1.82) is 0 Å². The molecule has 1 aromatic heterocycles. The van der Waals surface area contributed by atoms with E-state index in [-0.39, 0.29) is 17.5 Å². The minimum absolute atomic E-state index is 0.0185. The third-order valence-corrected chi connectivity index (χ3v) is 5.86. The number of allylic oxidation sites excluding steroid dienone is 2. The molecule has 1 unspecified atom stereocenters. The quantitative estimate of drug-likeness (QED) is 0.278. The molecule has 0 bridgehead atoms. The summed E-state index contributed by atoms with van der Waals surface area (Å²) in [5.41, 5.74) is 3.57. The van der Waals surface area contributed by atoms with Crippen LogP contribution in [0.4, 0.5) is 19.0 Å². The van der Waals surface area contributed by atoms with Crippen LogP contribution in [-0.4, -0.2) is 29.2 Å². The SMILES string of the molecule is C=CC(C)=O.CCCCC(CC)c1nc(-c2ccc(OC(F)(F)F)cc2)c(C)c(N(C)/C=C(\C)CC)n1. The highest BCUT2D eigenvalue weighted by atomic mass is 19.4. The third kappa shape index (κ3) is 10.8. The minimum atomic E-state index is -4.72. The molecule has 1 atom stereocenters. The number of carbonyl (C=O) groups excluding carboxylic acids is 1. The second-order valence-corrected chi connectivity index (χ2v) is 8.95. The topological polar surface area (TPSA) is 55.3 Å². The van der Waals surface area contributed by atoms with Crippen LogP contribution in [0.5, 0.6) is 5.75 Å². The maximum absolute atomic E-state index is 12.5. The predicted molar refractivity (Wildman–Crippen MR) is 145 cm³/mol. The molecule has 1 heterocycles. The van der Waals surface area contributed by atoms with Gasteiger partial charge in [-0.25, -0.2) is 9.97 Å². The van der Waals surface area contributed by atoms with E-state index in [4.69, 9.17) is 9.97 Å². The van der Waals surface area contributed by atoms with Gasteiger partial charge in [-0.3, -0.25) is 4.79 Å². The molecule has 0 aliphatic rings. The van der Waals surface area contributed by atoms with Gasteiger partial charge in [0.15, 0.2) is 5.78 Å². The molecule has 5 nitrogen and oxygen atoms in total. The molecule has 8 heteroatoms. The number of alkyl halides is 3. The summed E-state index contributed by atoms with van der Waals surface area (Å²) in [6, 6.07) is 5.88. The summed E-state index contributed by atoms with van der Waals surface area (Å²) in [7, 11) is 1.97. The number of ketones is 1. The number of anilines is 1. The van der Waals surface area contributed by atoms with Gasteiger partial charge in [0.2, 0.25) is 0 Å². The summed E-state index contributed by atoms with van der Waals surface area (Å²) >= 11 is 0. The molecule has 37 heavy (non-hydrogen) atoms. The number of hydrogen-bond acceptors (Lipinski definition) is 5. The van der Waals surface area contributed by atoms with Gasteiger partial charge >= 0.3 is 6.36 Å². The zero-order valence-electron chi connectivity index (χ0n) is 23.1. The van der Waals surface area contributed by atoms with Crippen LogP contribution < -0.4 is 9.64 Å². The molecule has 0 N–H and O–H groups in total. The Bertz CT molecular complexity index is 1050. The van der Waals surface area contributed by atoms with E-state index < -0.39 is 6.36 Å². The fourth-order valence-electron chi connectivity index (χ4n) is 3.59. The zero-order chi connectivity index (χ0) is 28.2. The van der Waals surface area contributed by atoms with E-state index in [2.05, 4.69) is 45.2 Å². The fraction of sp³-hybridized carbons (Fsp3) is 0.483. The molecule has 0 amide bonds. The van der Waals surface area contributed by atoms with Gasteiger partial charge in [-0.05, 0) is 70.4 Å². The van der Waals surface area contributed by atoms with Crippen LogP contribution in [0.1, 0.15) is 84.0 Å². The van der Waals surface area contributed by atoms with Crippen molar-refractivity contribution in [3.8, 4) is 17.0 Å². The van der Waals surface area contributed by atoms with Gasteiger partial charge in [0.05, 0.1) is 5.69 Å². The van der Waals surface area contributed by atoms with Gasteiger partial charge in [0.1, 0.15) is 17.4 Å². The van der Waals surface area contributed by atoms with Crippen LogP contribution in [0.15, 0.2) is 48.7 Å². The van der Waals surface area contributed by atoms with E-state index in [1.807, 2.05) is 18.9 Å². The molecule has 0 fully saturated rings. The van der Waals surface area contributed by atoms with E-state index in [0.29, 0.717) is 0 Å². The summed E-state index contributed by atoms with van der Waals surface area (Å²) in [4.78, 5) is 21.5. The monoisotopic (exact) mass is 519 g/mol. The van der Waals surface area contributed by atoms with Crippen LogP contribution in [0.3, 0.4) is 0 Å². The highest BCUT2D eigenvalue weighted by Crippen LogP contribution is 2.33. The summed E-state index contributed by atoms with van der Waals surface area (Å²) < 4.78 is 41.6. The first-order chi connectivity index (χ1) is 17.4. The highest BCUT2D eigenvalue weighted by molar-refractivity contribution is 5.86. The number of rotatable bonds is 11. The molecule has 2 aromatic rings. The average molecular weight is 520 g/mol. The Morgan fingerprint density at radius 3 is 2.19 bits per heavy atom. The number of hydrogen-bond donors (Lipinski definition) is 0. The van der Waals surface area contributed by atoms with Gasteiger partial charge in [0, 0.05) is 30.3 Å². The summed E-state index contributed by atoms with van der Waals surface area (Å²) in [5, 5.41) is 0. The van der Waals surface area contributed by atoms with E-state index in [9.17, 15) is 18.0 Å². The van der Waals surface area contributed by atoms with Crippen molar-refractivity contribution in [2.24, 2.45) is 0 Å². The highest BCUT2D eigenvalue weighted by Gasteiger charge is 2.31. The Labute approximate surface area is 219 Å². The van der Waals surface area contributed by atoms with Crippen molar-refractivity contribution in [3.05, 3.63) is 60.1 Å². The molecule has 2 rings (SSSR count). The van der Waals surface area contributed by atoms with Crippen molar-refractivity contribution in [2.75, 3.05) is 11.9 Å². The first kappa shape index (κ1) is 31.9. The lowest BCUT2D eigenvalue weighted by atomic mass is 9.97. The van der Waals surface area contributed by atoms with Crippen LogP contribution >= 0.6 is 0 Å². The van der Waals surface area contributed by atoms with E-state index in [0.717, 1.165) is 60.6 Å². The van der Waals surface area contributed by atoms with Crippen molar-refractivity contribution in [1.82, 2.24) is 9.97 Å². The standard InChI is InChI=1S/C25H34F3N3O.C4H6O/c1-7-10-11-19(9-3)23-29-22(18(5)24(30-23)31(6)16-17(4)8-2)20-12-14-21(15-13-20)32-25(26,27)28;1-3-4(2)5/h12-16,19H,7-11H2,1-6H3;3H,1H2,2H3/b17-16+;. The molecular formula is C29H40F3N3O2. The number of benzene rings is 1. The van der Waals surface area contributed by atoms with E-state index >= 15 is 0 Å². The maximum Gasteiger partial charge on any atom is 0.573 e. The number of carbonyl (C=O) groups is 1. The normalized spacial score (nSPS) is 12.3. The Morgan fingerprint density at radius 2 is 1.73 bits per heavy atom. The number of aromatic nitrogens is 2. The van der Waals surface area contributed by atoms with Gasteiger partial charge in [-0.2, -0.15) is 0 Å². The van der Waals surface area contributed by atoms with Crippen molar-refractivity contribution in [3.63, 3.8) is 0 Å². The number of ether oxygens (including phenoxy) is 1. The Hall–Kier alpha value is -3.16. The Morgan fingerprint density at radius 1 is 1.14 bits per heavy atom. The molecule has 0 aliphatic heterocycles. The number of nitrogens with zero attached hydrogens (tertiary/aromatic N) is 3.